The highest BCUT2D eigenvalue weighted by Crippen LogP contribution is 2.39. The lowest BCUT2D eigenvalue weighted by Crippen LogP contribution is -2.06. The number of aromatic hydroxyl groups is 1. The van der Waals surface area contributed by atoms with Crippen LogP contribution in [0.5, 0.6) is 5.75 Å². The zero-order chi connectivity index (χ0) is 23.2. The molecule has 0 saturated carbocycles. The van der Waals surface area contributed by atoms with Gasteiger partial charge in [-0.3, -0.25) is 0 Å². The molecule has 0 unspecified atom stereocenters. The van der Waals surface area contributed by atoms with E-state index in [2.05, 4.69) is 97.1 Å². The molecule has 0 aromatic heterocycles. The highest BCUT2D eigenvalue weighted by Gasteiger charge is 2.20. The van der Waals surface area contributed by atoms with Crippen molar-refractivity contribution in [3.05, 3.63) is 161 Å². The van der Waals surface area contributed by atoms with Crippen molar-refractivity contribution in [2.75, 3.05) is 0 Å². The Morgan fingerprint density at radius 1 is 0.441 bits per heavy atom. The molecule has 0 bridgehead atoms. The normalized spacial score (nSPS) is 10.8. The van der Waals surface area contributed by atoms with Crippen molar-refractivity contribution in [2.45, 2.75) is 19.3 Å². The van der Waals surface area contributed by atoms with Gasteiger partial charge in [0.25, 0.3) is 0 Å². The molecule has 34 heavy (non-hydrogen) atoms. The molecule has 0 aliphatic carbocycles. The number of phenolic OH excluding ortho intramolecular Hbond substituents is 1. The smallest absolute Gasteiger partial charge is 0.123 e. The van der Waals surface area contributed by atoms with Crippen molar-refractivity contribution in [3.63, 3.8) is 0 Å². The Morgan fingerprint density at radius 2 is 0.853 bits per heavy atom. The number of hydrogen-bond donors (Lipinski definition) is 1. The van der Waals surface area contributed by atoms with E-state index in [1.165, 1.54) is 33.4 Å². The molecule has 5 rings (SSSR count). The Balaban J connectivity index is 1.73. The Hall–Kier alpha value is -4.10. The topological polar surface area (TPSA) is 20.2 Å². The summed E-state index contributed by atoms with van der Waals surface area (Å²) in [4.78, 5) is 0. The molecule has 5 aromatic carbocycles. The molecule has 0 heterocycles. The molecule has 1 heteroatoms. The fourth-order valence-electron chi connectivity index (χ4n) is 4.74. The maximum absolute atomic E-state index is 11.4. The summed E-state index contributed by atoms with van der Waals surface area (Å²) in [6, 6.07) is 44.0. The van der Waals surface area contributed by atoms with Gasteiger partial charge in [0.2, 0.25) is 0 Å². The number of hydrogen-bond acceptors (Lipinski definition) is 1. The average molecular weight is 441 g/mol. The zero-order valence-corrected chi connectivity index (χ0v) is 19.2. The minimum Gasteiger partial charge on any atom is -0.507 e. The van der Waals surface area contributed by atoms with E-state index >= 15 is 0 Å². The van der Waals surface area contributed by atoms with Crippen LogP contribution in [0.2, 0.25) is 0 Å². The van der Waals surface area contributed by atoms with Crippen molar-refractivity contribution in [3.8, 4) is 16.9 Å². The van der Waals surface area contributed by atoms with E-state index in [9.17, 15) is 5.11 Å². The summed E-state index contributed by atoms with van der Waals surface area (Å²) in [6.45, 7) is 0. The van der Waals surface area contributed by atoms with Crippen LogP contribution in [0.25, 0.3) is 11.1 Å². The summed E-state index contributed by atoms with van der Waals surface area (Å²) < 4.78 is 0. The number of phenols is 1. The third-order valence-corrected chi connectivity index (χ3v) is 6.37. The van der Waals surface area contributed by atoms with Crippen molar-refractivity contribution >= 4 is 0 Å². The molecule has 0 aliphatic rings. The predicted molar refractivity (Wildman–Crippen MR) is 141 cm³/mol. The van der Waals surface area contributed by atoms with Crippen molar-refractivity contribution in [1.29, 1.82) is 0 Å². The summed E-state index contributed by atoms with van der Waals surface area (Å²) in [5, 5.41) is 11.4. The van der Waals surface area contributed by atoms with E-state index in [1.807, 2.05) is 30.3 Å². The summed E-state index contributed by atoms with van der Waals surface area (Å²) >= 11 is 0. The van der Waals surface area contributed by atoms with Crippen LogP contribution in [0.4, 0.5) is 0 Å². The van der Waals surface area contributed by atoms with E-state index in [0.717, 1.165) is 30.4 Å². The zero-order valence-electron chi connectivity index (χ0n) is 19.2. The fraction of sp³-hybridized carbons (Fsp3) is 0.0909. The van der Waals surface area contributed by atoms with E-state index in [4.69, 9.17) is 0 Å². The molecule has 5 aromatic rings. The quantitative estimate of drug-likeness (QED) is 0.273. The van der Waals surface area contributed by atoms with Crippen LogP contribution >= 0.6 is 0 Å². The SMILES string of the molecule is Oc1cc(Cc2ccccc2)c(Cc2ccccc2)c(Cc2ccccc2)c1-c1ccccc1. The lowest BCUT2D eigenvalue weighted by atomic mass is 9.83. The summed E-state index contributed by atoms with van der Waals surface area (Å²) in [5.74, 6) is 0.347. The Labute approximate surface area is 202 Å². The molecule has 0 atom stereocenters. The molecule has 0 amide bonds. The second kappa shape index (κ2) is 10.2. The van der Waals surface area contributed by atoms with Gasteiger partial charge in [-0.15, -0.1) is 0 Å². The number of rotatable bonds is 7. The third kappa shape index (κ3) is 4.94. The van der Waals surface area contributed by atoms with Gasteiger partial charge in [0.15, 0.2) is 0 Å². The number of benzene rings is 5. The van der Waals surface area contributed by atoms with Crippen LogP contribution in [0.1, 0.15) is 33.4 Å². The van der Waals surface area contributed by atoms with Gasteiger partial charge in [-0.1, -0.05) is 121 Å². The first-order chi connectivity index (χ1) is 16.8. The van der Waals surface area contributed by atoms with Gasteiger partial charge in [0, 0.05) is 5.56 Å². The average Bonchev–Trinajstić information content (AvgIpc) is 2.89. The van der Waals surface area contributed by atoms with Gasteiger partial charge in [0.1, 0.15) is 5.75 Å². The molecular formula is C33H28O. The molecule has 0 fully saturated rings. The Kier molecular flexibility index (Phi) is 6.54. The third-order valence-electron chi connectivity index (χ3n) is 6.37. The highest BCUT2D eigenvalue weighted by atomic mass is 16.3. The lowest BCUT2D eigenvalue weighted by molar-refractivity contribution is 0.476. The van der Waals surface area contributed by atoms with Crippen molar-refractivity contribution in [2.24, 2.45) is 0 Å². The summed E-state index contributed by atoms with van der Waals surface area (Å²) in [6.07, 6.45) is 2.38. The van der Waals surface area contributed by atoms with Crippen molar-refractivity contribution in [1.82, 2.24) is 0 Å². The van der Waals surface area contributed by atoms with Gasteiger partial charge in [-0.2, -0.15) is 0 Å². The van der Waals surface area contributed by atoms with Crippen LogP contribution in [-0.4, -0.2) is 5.11 Å². The van der Waals surface area contributed by atoms with E-state index < -0.39 is 0 Å². The van der Waals surface area contributed by atoms with Crippen LogP contribution in [0.3, 0.4) is 0 Å². The Morgan fingerprint density at radius 3 is 1.35 bits per heavy atom. The first kappa shape index (κ1) is 21.7. The van der Waals surface area contributed by atoms with Gasteiger partial charge in [0.05, 0.1) is 0 Å². The van der Waals surface area contributed by atoms with Gasteiger partial charge in [-0.05, 0) is 64.3 Å². The van der Waals surface area contributed by atoms with Gasteiger partial charge >= 0.3 is 0 Å². The molecule has 0 aliphatic heterocycles. The molecule has 1 N–H and O–H groups in total. The molecule has 166 valence electrons. The first-order valence-corrected chi connectivity index (χ1v) is 11.8. The second-order valence-corrected chi connectivity index (χ2v) is 8.74. The summed E-state index contributed by atoms with van der Waals surface area (Å²) in [7, 11) is 0. The van der Waals surface area contributed by atoms with Gasteiger partial charge in [-0.25, -0.2) is 0 Å². The van der Waals surface area contributed by atoms with E-state index in [1.54, 1.807) is 0 Å². The molecule has 0 saturated heterocycles. The Bertz CT molecular complexity index is 1340. The largest absolute Gasteiger partial charge is 0.507 e. The van der Waals surface area contributed by atoms with E-state index in [-0.39, 0.29) is 0 Å². The molecule has 0 spiro atoms. The molecule has 0 radical (unpaired) electrons. The van der Waals surface area contributed by atoms with Crippen LogP contribution in [0, 0.1) is 0 Å². The minimum atomic E-state index is 0.347. The maximum atomic E-state index is 11.4. The summed E-state index contributed by atoms with van der Waals surface area (Å²) in [5.41, 5.74) is 9.43. The minimum absolute atomic E-state index is 0.347. The standard InChI is InChI=1S/C33H28O/c34-32-24-29(21-25-13-5-1-6-14-25)30(22-26-15-7-2-8-16-26)31(23-27-17-9-3-10-18-27)33(32)28-19-11-4-12-20-28/h1-20,24,34H,21-23H2. The van der Waals surface area contributed by atoms with Crippen molar-refractivity contribution < 1.29 is 5.11 Å². The predicted octanol–water partition coefficient (Wildman–Crippen LogP) is 7.83. The second-order valence-electron chi connectivity index (χ2n) is 8.74. The van der Waals surface area contributed by atoms with Crippen LogP contribution in [0.15, 0.2) is 127 Å². The monoisotopic (exact) mass is 440 g/mol. The lowest BCUT2D eigenvalue weighted by Gasteiger charge is -2.22. The van der Waals surface area contributed by atoms with Gasteiger partial charge < -0.3 is 5.11 Å². The molecular weight excluding hydrogens is 412 g/mol. The maximum Gasteiger partial charge on any atom is 0.123 e. The van der Waals surface area contributed by atoms with E-state index in [0.29, 0.717) is 5.75 Å². The first-order valence-electron chi connectivity index (χ1n) is 11.8. The van der Waals surface area contributed by atoms with Crippen LogP contribution in [-0.2, 0) is 19.3 Å². The van der Waals surface area contributed by atoms with Crippen LogP contribution < -0.4 is 0 Å². The highest BCUT2D eigenvalue weighted by molar-refractivity contribution is 5.77. The molecule has 1 nitrogen and oxygen atoms in total. The fourth-order valence-corrected chi connectivity index (χ4v) is 4.74.